The molecule has 0 saturated carbocycles. The quantitative estimate of drug-likeness (QED) is 0.640. The van der Waals surface area contributed by atoms with Gasteiger partial charge in [0.15, 0.2) is 0 Å². The smallest absolute Gasteiger partial charge is 0.229 e. The Labute approximate surface area is 157 Å². The standard InChI is InChI=1S/C19H19ClN4O2/c1-12-4-5-13(20)10-16(12)22-18-8-9-21-19(24-18)23-15-7-6-14(25-2)11-17(15)26-3/h4-11H,1-3H3,(H2,21,22,23,24). The molecule has 6 nitrogen and oxygen atoms in total. The van der Waals surface area contributed by atoms with Gasteiger partial charge < -0.3 is 20.1 Å². The molecular weight excluding hydrogens is 352 g/mol. The van der Waals surface area contributed by atoms with Crippen molar-refractivity contribution in [2.45, 2.75) is 6.92 Å². The molecule has 0 fully saturated rings. The highest BCUT2D eigenvalue weighted by Crippen LogP contribution is 2.31. The van der Waals surface area contributed by atoms with Gasteiger partial charge in [0.25, 0.3) is 0 Å². The summed E-state index contributed by atoms with van der Waals surface area (Å²) in [6.07, 6.45) is 1.67. The summed E-state index contributed by atoms with van der Waals surface area (Å²) in [6, 6.07) is 12.9. The zero-order valence-electron chi connectivity index (χ0n) is 14.7. The van der Waals surface area contributed by atoms with E-state index in [1.54, 1.807) is 32.5 Å². The van der Waals surface area contributed by atoms with E-state index in [-0.39, 0.29) is 0 Å². The average molecular weight is 371 g/mol. The fraction of sp³-hybridized carbons (Fsp3) is 0.158. The van der Waals surface area contributed by atoms with Crippen LogP contribution >= 0.6 is 11.6 Å². The van der Waals surface area contributed by atoms with Crippen molar-refractivity contribution in [3.63, 3.8) is 0 Å². The number of nitrogens with one attached hydrogen (secondary N) is 2. The molecule has 0 radical (unpaired) electrons. The molecule has 134 valence electrons. The molecule has 0 aliphatic carbocycles. The van der Waals surface area contributed by atoms with Crippen molar-refractivity contribution in [3.05, 3.63) is 59.2 Å². The van der Waals surface area contributed by atoms with E-state index in [9.17, 15) is 0 Å². The molecule has 1 heterocycles. The summed E-state index contributed by atoms with van der Waals surface area (Å²) in [6.45, 7) is 2.00. The van der Waals surface area contributed by atoms with Gasteiger partial charge in [-0.3, -0.25) is 0 Å². The van der Waals surface area contributed by atoms with Crippen LogP contribution in [0.5, 0.6) is 11.5 Å². The monoisotopic (exact) mass is 370 g/mol. The van der Waals surface area contributed by atoms with E-state index in [1.165, 1.54) is 0 Å². The molecule has 1 aromatic heterocycles. The van der Waals surface area contributed by atoms with E-state index in [2.05, 4.69) is 20.6 Å². The number of aryl methyl sites for hydroxylation is 1. The van der Waals surface area contributed by atoms with Crippen molar-refractivity contribution in [2.75, 3.05) is 24.9 Å². The van der Waals surface area contributed by atoms with Crippen LogP contribution in [0.1, 0.15) is 5.56 Å². The number of methoxy groups -OCH3 is 2. The predicted molar refractivity (Wildman–Crippen MR) is 104 cm³/mol. The van der Waals surface area contributed by atoms with Gasteiger partial charge in [-0.2, -0.15) is 4.98 Å². The van der Waals surface area contributed by atoms with Gasteiger partial charge >= 0.3 is 0 Å². The molecule has 26 heavy (non-hydrogen) atoms. The number of benzene rings is 2. The lowest BCUT2D eigenvalue weighted by molar-refractivity contribution is 0.395. The minimum Gasteiger partial charge on any atom is -0.497 e. The zero-order chi connectivity index (χ0) is 18.5. The maximum atomic E-state index is 6.07. The van der Waals surface area contributed by atoms with Crippen LogP contribution in [-0.4, -0.2) is 24.2 Å². The highest BCUT2D eigenvalue weighted by molar-refractivity contribution is 6.30. The molecule has 0 amide bonds. The second kappa shape index (κ2) is 7.93. The Hall–Kier alpha value is -2.99. The number of aromatic nitrogens is 2. The summed E-state index contributed by atoms with van der Waals surface area (Å²) in [5, 5.41) is 7.08. The molecule has 2 aromatic carbocycles. The van der Waals surface area contributed by atoms with Crippen LogP contribution in [0.2, 0.25) is 5.02 Å². The summed E-state index contributed by atoms with van der Waals surface area (Å²) in [5.74, 6) is 2.44. The minimum absolute atomic E-state index is 0.443. The van der Waals surface area contributed by atoms with Gasteiger partial charge in [0.1, 0.15) is 17.3 Å². The third kappa shape index (κ3) is 4.15. The summed E-state index contributed by atoms with van der Waals surface area (Å²) < 4.78 is 10.6. The first kappa shape index (κ1) is 17.8. The molecule has 0 saturated heterocycles. The molecule has 0 bridgehead atoms. The second-order valence-corrected chi connectivity index (χ2v) is 5.98. The Bertz CT molecular complexity index is 918. The summed E-state index contributed by atoms with van der Waals surface area (Å²) in [4.78, 5) is 8.75. The fourth-order valence-corrected chi connectivity index (χ4v) is 2.55. The second-order valence-electron chi connectivity index (χ2n) is 5.54. The maximum Gasteiger partial charge on any atom is 0.229 e. The molecule has 0 atom stereocenters. The number of hydrogen-bond donors (Lipinski definition) is 2. The molecule has 0 unspecified atom stereocenters. The number of rotatable bonds is 6. The van der Waals surface area contributed by atoms with Crippen LogP contribution in [0, 0.1) is 6.92 Å². The third-order valence-corrected chi connectivity index (χ3v) is 4.01. The van der Waals surface area contributed by atoms with Gasteiger partial charge in [0.05, 0.1) is 19.9 Å². The first-order chi connectivity index (χ1) is 12.6. The van der Waals surface area contributed by atoms with Gasteiger partial charge in [0.2, 0.25) is 5.95 Å². The number of anilines is 4. The first-order valence-corrected chi connectivity index (χ1v) is 8.32. The van der Waals surface area contributed by atoms with E-state index in [0.29, 0.717) is 28.3 Å². The Morgan fingerprint density at radius 2 is 1.77 bits per heavy atom. The van der Waals surface area contributed by atoms with E-state index in [1.807, 2.05) is 37.3 Å². The zero-order valence-corrected chi connectivity index (χ0v) is 15.5. The van der Waals surface area contributed by atoms with Crippen LogP contribution in [0.3, 0.4) is 0 Å². The minimum atomic E-state index is 0.443. The van der Waals surface area contributed by atoms with Crippen molar-refractivity contribution in [1.82, 2.24) is 9.97 Å². The normalized spacial score (nSPS) is 10.3. The third-order valence-electron chi connectivity index (χ3n) is 3.77. The van der Waals surface area contributed by atoms with Crippen molar-refractivity contribution in [1.29, 1.82) is 0 Å². The molecule has 3 aromatic rings. The van der Waals surface area contributed by atoms with Crippen LogP contribution in [0.25, 0.3) is 0 Å². The Balaban J connectivity index is 1.83. The lowest BCUT2D eigenvalue weighted by Gasteiger charge is -2.13. The lowest BCUT2D eigenvalue weighted by Crippen LogP contribution is -2.02. The van der Waals surface area contributed by atoms with Crippen molar-refractivity contribution >= 4 is 34.7 Å². The van der Waals surface area contributed by atoms with E-state index < -0.39 is 0 Å². The Kier molecular flexibility index (Phi) is 5.43. The van der Waals surface area contributed by atoms with Gasteiger partial charge in [-0.05, 0) is 42.8 Å². The number of ether oxygens (including phenoxy) is 2. The molecule has 7 heteroatoms. The van der Waals surface area contributed by atoms with Crippen molar-refractivity contribution in [2.24, 2.45) is 0 Å². The Morgan fingerprint density at radius 1 is 0.923 bits per heavy atom. The summed E-state index contributed by atoms with van der Waals surface area (Å²) >= 11 is 6.07. The Morgan fingerprint density at radius 3 is 2.54 bits per heavy atom. The molecule has 0 spiro atoms. The molecular formula is C19H19ClN4O2. The number of hydrogen-bond acceptors (Lipinski definition) is 6. The SMILES string of the molecule is COc1ccc(Nc2nccc(Nc3cc(Cl)ccc3C)n2)c(OC)c1. The van der Waals surface area contributed by atoms with Crippen LogP contribution in [0.15, 0.2) is 48.7 Å². The van der Waals surface area contributed by atoms with Crippen LogP contribution in [0.4, 0.5) is 23.1 Å². The molecule has 3 rings (SSSR count). The van der Waals surface area contributed by atoms with Gasteiger partial charge in [0, 0.05) is 23.0 Å². The molecule has 0 aliphatic rings. The van der Waals surface area contributed by atoms with Crippen molar-refractivity contribution < 1.29 is 9.47 Å². The van der Waals surface area contributed by atoms with Crippen molar-refractivity contribution in [3.8, 4) is 11.5 Å². The van der Waals surface area contributed by atoms with E-state index in [0.717, 1.165) is 16.9 Å². The average Bonchev–Trinajstić information content (AvgIpc) is 2.65. The molecule has 0 aliphatic heterocycles. The van der Waals surface area contributed by atoms with Gasteiger partial charge in [-0.25, -0.2) is 4.98 Å². The fourth-order valence-electron chi connectivity index (χ4n) is 2.38. The maximum absolute atomic E-state index is 6.07. The summed E-state index contributed by atoms with van der Waals surface area (Å²) in [7, 11) is 3.21. The largest absolute Gasteiger partial charge is 0.497 e. The van der Waals surface area contributed by atoms with E-state index in [4.69, 9.17) is 21.1 Å². The topological polar surface area (TPSA) is 68.3 Å². The number of nitrogens with zero attached hydrogens (tertiary/aromatic N) is 2. The first-order valence-electron chi connectivity index (χ1n) is 7.94. The highest BCUT2D eigenvalue weighted by atomic mass is 35.5. The number of halogens is 1. The van der Waals surface area contributed by atoms with E-state index >= 15 is 0 Å². The summed E-state index contributed by atoms with van der Waals surface area (Å²) in [5.41, 5.74) is 2.70. The van der Waals surface area contributed by atoms with Gasteiger partial charge in [-0.1, -0.05) is 17.7 Å². The predicted octanol–water partition coefficient (Wildman–Crippen LogP) is 4.94. The van der Waals surface area contributed by atoms with Crippen LogP contribution in [-0.2, 0) is 0 Å². The lowest BCUT2D eigenvalue weighted by atomic mass is 10.2. The highest BCUT2D eigenvalue weighted by Gasteiger charge is 2.08. The van der Waals surface area contributed by atoms with Gasteiger partial charge in [-0.15, -0.1) is 0 Å². The van der Waals surface area contributed by atoms with Crippen LogP contribution < -0.4 is 20.1 Å². The molecule has 2 N–H and O–H groups in total.